The molecule has 0 saturated carbocycles. The molecule has 14 heavy (non-hydrogen) atoms. The summed E-state index contributed by atoms with van der Waals surface area (Å²) in [7, 11) is 0. The van der Waals surface area contributed by atoms with Gasteiger partial charge < -0.3 is 5.11 Å². The van der Waals surface area contributed by atoms with Crippen molar-refractivity contribution in [1.82, 2.24) is 15.0 Å². The lowest BCUT2D eigenvalue weighted by Crippen LogP contribution is -2.10. The van der Waals surface area contributed by atoms with Gasteiger partial charge in [0.1, 0.15) is 0 Å². The fraction of sp³-hybridized carbons (Fsp3) is 0.800. The zero-order chi connectivity index (χ0) is 10.4. The van der Waals surface area contributed by atoms with Gasteiger partial charge in [-0.1, -0.05) is 19.1 Å². The Morgan fingerprint density at radius 2 is 2.29 bits per heavy atom. The molecular weight excluding hydrogens is 178 g/mol. The van der Waals surface area contributed by atoms with Crippen molar-refractivity contribution in [2.45, 2.75) is 52.2 Å². The highest BCUT2D eigenvalue weighted by molar-refractivity contribution is 4.94. The summed E-state index contributed by atoms with van der Waals surface area (Å²) in [5.41, 5.74) is 1.12. The zero-order valence-electron chi connectivity index (χ0n) is 8.98. The van der Waals surface area contributed by atoms with E-state index < -0.39 is 0 Å². The third-order valence-electron chi connectivity index (χ3n) is 2.34. The molecule has 1 aromatic rings. The van der Waals surface area contributed by atoms with Crippen LogP contribution in [0.15, 0.2) is 6.20 Å². The first-order valence-corrected chi connectivity index (χ1v) is 5.33. The average Bonchev–Trinajstić information content (AvgIpc) is 2.62. The lowest BCUT2D eigenvalue weighted by molar-refractivity contribution is 0.160. The molecule has 1 unspecified atom stereocenters. The lowest BCUT2D eigenvalue weighted by Gasteiger charge is -2.07. The molecule has 1 atom stereocenters. The van der Waals surface area contributed by atoms with Gasteiger partial charge in [-0.2, -0.15) is 0 Å². The molecule has 0 radical (unpaired) electrons. The molecule has 1 heterocycles. The van der Waals surface area contributed by atoms with Gasteiger partial charge in [-0.05, 0) is 25.7 Å². The molecule has 0 aliphatic heterocycles. The number of rotatable bonds is 6. The summed E-state index contributed by atoms with van der Waals surface area (Å²) in [4.78, 5) is 0. The third kappa shape index (κ3) is 3.10. The van der Waals surface area contributed by atoms with E-state index >= 15 is 0 Å². The minimum Gasteiger partial charge on any atom is -0.393 e. The molecular formula is C10H19N3O. The summed E-state index contributed by atoms with van der Waals surface area (Å²) in [6.45, 7) is 5.02. The maximum absolute atomic E-state index is 9.43. The highest BCUT2D eigenvalue weighted by atomic mass is 16.3. The quantitative estimate of drug-likeness (QED) is 0.749. The minimum absolute atomic E-state index is 0.194. The highest BCUT2D eigenvalue weighted by Gasteiger charge is 2.06. The Morgan fingerprint density at radius 1 is 1.50 bits per heavy atom. The Kier molecular flexibility index (Phi) is 4.59. The molecule has 0 aliphatic rings. The lowest BCUT2D eigenvalue weighted by atomic mass is 10.1. The van der Waals surface area contributed by atoms with E-state index in [1.54, 1.807) is 6.20 Å². The molecule has 0 saturated heterocycles. The van der Waals surface area contributed by atoms with Gasteiger partial charge in [-0.25, -0.2) is 4.68 Å². The summed E-state index contributed by atoms with van der Waals surface area (Å²) in [6, 6.07) is 0. The molecule has 0 spiro atoms. The van der Waals surface area contributed by atoms with Gasteiger partial charge >= 0.3 is 0 Å². The molecule has 1 aromatic heterocycles. The van der Waals surface area contributed by atoms with Crippen molar-refractivity contribution >= 4 is 0 Å². The summed E-state index contributed by atoms with van der Waals surface area (Å²) in [5.74, 6) is 0. The SMILES string of the molecule is CCCn1nncc1CCC(O)CC. The molecule has 0 aliphatic carbocycles. The fourth-order valence-electron chi connectivity index (χ4n) is 1.39. The fourth-order valence-corrected chi connectivity index (χ4v) is 1.39. The van der Waals surface area contributed by atoms with Crippen molar-refractivity contribution in [3.05, 3.63) is 11.9 Å². The van der Waals surface area contributed by atoms with Crippen molar-refractivity contribution in [1.29, 1.82) is 0 Å². The van der Waals surface area contributed by atoms with Gasteiger partial charge in [0.15, 0.2) is 0 Å². The van der Waals surface area contributed by atoms with Gasteiger partial charge in [0.2, 0.25) is 0 Å². The van der Waals surface area contributed by atoms with E-state index in [0.29, 0.717) is 0 Å². The van der Waals surface area contributed by atoms with E-state index in [1.807, 2.05) is 11.6 Å². The first kappa shape index (κ1) is 11.2. The molecule has 0 aromatic carbocycles. The van der Waals surface area contributed by atoms with Crippen LogP contribution in [0, 0.1) is 0 Å². The largest absolute Gasteiger partial charge is 0.393 e. The van der Waals surface area contributed by atoms with E-state index in [-0.39, 0.29) is 6.10 Å². The maximum atomic E-state index is 9.43. The van der Waals surface area contributed by atoms with Gasteiger partial charge in [0.25, 0.3) is 0 Å². The average molecular weight is 197 g/mol. The molecule has 4 nitrogen and oxygen atoms in total. The molecule has 1 N–H and O–H groups in total. The smallest absolute Gasteiger partial charge is 0.0725 e. The van der Waals surface area contributed by atoms with E-state index in [9.17, 15) is 5.11 Å². The van der Waals surface area contributed by atoms with Crippen molar-refractivity contribution in [3.63, 3.8) is 0 Å². The van der Waals surface area contributed by atoms with Crippen LogP contribution < -0.4 is 0 Å². The van der Waals surface area contributed by atoms with Gasteiger partial charge in [-0.3, -0.25) is 0 Å². The Labute approximate surface area is 84.9 Å². The van der Waals surface area contributed by atoms with Crippen LogP contribution in [0.25, 0.3) is 0 Å². The number of nitrogens with zero attached hydrogens (tertiary/aromatic N) is 3. The number of hydrogen-bond donors (Lipinski definition) is 1. The predicted molar refractivity (Wildman–Crippen MR) is 54.9 cm³/mol. The van der Waals surface area contributed by atoms with Crippen molar-refractivity contribution in [2.24, 2.45) is 0 Å². The van der Waals surface area contributed by atoms with E-state index in [2.05, 4.69) is 17.2 Å². The second-order valence-corrected chi connectivity index (χ2v) is 3.55. The van der Waals surface area contributed by atoms with E-state index in [4.69, 9.17) is 0 Å². The summed E-state index contributed by atoms with van der Waals surface area (Å²) >= 11 is 0. The van der Waals surface area contributed by atoms with Gasteiger partial charge in [-0.15, -0.1) is 5.10 Å². The van der Waals surface area contributed by atoms with Crippen LogP contribution >= 0.6 is 0 Å². The first-order valence-electron chi connectivity index (χ1n) is 5.33. The highest BCUT2D eigenvalue weighted by Crippen LogP contribution is 2.06. The summed E-state index contributed by atoms with van der Waals surface area (Å²) in [6.07, 6.45) is 5.13. The van der Waals surface area contributed by atoms with Crippen molar-refractivity contribution in [2.75, 3.05) is 0 Å². The van der Waals surface area contributed by atoms with Crippen LogP contribution in [0.4, 0.5) is 0 Å². The molecule has 80 valence electrons. The Balaban J connectivity index is 2.45. The topological polar surface area (TPSA) is 50.9 Å². The maximum Gasteiger partial charge on any atom is 0.0725 e. The van der Waals surface area contributed by atoms with Crippen LogP contribution in [-0.4, -0.2) is 26.2 Å². The van der Waals surface area contributed by atoms with Crippen LogP contribution in [0.2, 0.25) is 0 Å². The van der Waals surface area contributed by atoms with Gasteiger partial charge in [0, 0.05) is 6.54 Å². The Hall–Kier alpha value is -0.900. The van der Waals surface area contributed by atoms with Crippen molar-refractivity contribution < 1.29 is 5.11 Å². The number of aromatic nitrogens is 3. The third-order valence-corrected chi connectivity index (χ3v) is 2.34. The number of hydrogen-bond acceptors (Lipinski definition) is 3. The zero-order valence-corrected chi connectivity index (χ0v) is 8.98. The molecule has 0 fully saturated rings. The first-order chi connectivity index (χ1) is 6.77. The molecule has 4 heteroatoms. The molecule has 0 amide bonds. The summed E-state index contributed by atoms with van der Waals surface area (Å²) in [5, 5.41) is 17.3. The Bertz CT molecular complexity index is 260. The van der Waals surface area contributed by atoms with Crippen LogP contribution in [0.1, 0.15) is 38.8 Å². The number of aryl methyl sites for hydroxylation is 2. The Morgan fingerprint density at radius 3 is 2.93 bits per heavy atom. The van der Waals surface area contributed by atoms with E-state index in [0.717, 1.165) is 37.9 Å². The van der Waals surface area contributed by atoms with Gasteiger partial charge in [0.05, 0.1) is 18.0 Å². The predicted octanol–water partition coefficient (Wildman–Crippen LogP) is 1.39. The standard InChI is InChI=1S/C10H19N3O/c1-3-7-13-9(8-11-12-13)5-6-10(14)4-2/h8,10,14H,3-7H2,1-2H3. The van der Waals surface area contributed by atoms with Crippen LogP contribution in [0.5, 0.6) is 0 Å². The molecule has 1 rings (SSSR count). The second kappa shape index (κ2) is 5.75. The number of aliphatic hydroxyl groups excluding tert-OH is 1. The van der Waals surface area contributed by atoms with E-state index in [1.165, 1.54) is 0 Å². The second-order valence-electron chi connectivity index (χ2n) is 3.55. The summed E-state index contributed by atoms with van der Waals surface area (Å²) < 4.78 is 1.92. The van der Waals surface area contributed by atoms with Crippen LogP contribution in [0.3, 0.4) is 0 Å². The minimum atomic E-state index is -0.194. The van der Waals surface area contributed by atoms with Crippen LogP contribution in [-0.2, 0) is 13.0 Å². The normalized spacial score (nSPS) is 13.1. The monoisotopic (exact) mass is 197 g/mol. The molecule has 0 bridgehead atoms. The van der Waals surface area contributed by atoms with Crippen molar-refractivity contribution in [3.8, 4) is 0 Å². The number of aliphatic hydroxyl groups is 1.